The van der Waals surface area contributed by atoms with E-state index in [0.29, 0.717) is 11.6 Å². The van der Waals surface area contributed by atoms with Crippen molar-refractivity contribution in [1.29, 1.82) is 0 Å². The maximum absolute atomic E-state index is 5.79. The van der Waals surface area contributed by atoms with E-state index in [-0.39, 0.29) is 0 Å². The van der Waals surface area contributed by atoms with E-state index in [1.54, 1.807) is 18.6 Å². The average molecular weight is 211 g/mol. The van der Waals surface area contributed by atoms with Gasteiger partial charge in [0.25, 0.3) is 0 Å². The van der Waals surface area contributed by atoms with Crippen LogP contribution in [0.5, 0.6) is 0 Å². The fraction of sp³-hybridized carbons (Fsp3) is 0. The number of pyridine rings is 2. The Morgan fingerprint density at radius 1 is 1.19 bits per heavy atom. The normalized spacial score (nSPS) is 10.8. The molecule has 3 N–H and O–H groups in total. The number of H-pyrrole nitrogens is 1. The number of imidazole rings is 1. The van der Waals surface area contributed by atoms with E-state index < -0.39 is 0 Å². The third-order valence-corrected chi connectivity index (χ3v) is 2.38. The van der Waals surface area contributed by atoms with E-state index in [4.69, 9.17) is 5.73 Å². The van der Waals surface area contributed by atoms with Gasteiger partial charge in [-0.3, -0.25) is 4.98 Å². The van der Waals surface area contributed by atoms with Gasteiger partial charge in [0.05, 0.1) is 17.3 Å². The van der Waals surface area contributed by atoms with Gasteiger partial charge in [-0.15, -0.1) is 0 Å². The first-order valence-electron chi connectivity index (χ1n) is 4.85. The first kappa shape index (κ1) is 8.84. The molecule has 5 nitrogen and oxygen atoms in total. The van der Waals surface area contributed by atoms with E-state index in [0.717, 1.165) is 16.6 Å². The van der Waals surface area contributed by atoms with Gasteiger partial charge < -0.3 is 10.7 Å². The Labute approximate surface area is 91.4 Å². The van der Waals surface area contributed by atoms with Crippen molar-refractivity contribution in [2.24, 2.45) is 0 Å². The van der Waals surface area contributed by atoms with Gasteiger partial charge in [0.15, 0.2) is 0 Å². The predicted octanol–water partition coefficient (Wildman–Crippen LogP) is 1.60. The van der Waals surface area contributed by atoms with Crippen LogP contribution in [0, 0.1) is 0 Å². The molecule has 0 saturated heterocycles. The minimum absolute atomic E-state index is 0.467. The Kier molecular flexibility index (Phi) is 1.83. The van der Waals surface area contributed by atoms with Gasteiger partial charge in [-0.25, -0.2) is 9.97 Å². The molecular formula is C11H9N5. The zero-order chi connectivity index (χ0) is 11.0. The number of hydrogen-bond donors (Lipinski definition) is 2. The molecule has 0 spiro atoms. The van der Waals surface area contributed by atoms with Gasteiger partial charge in [0.1, 0.15) is 17.2 Å². The van der Waals surface area contributed by atoms with Crippen molar-refractivity contribution in [3.8, 4) is 11.4 Å². The second-order valence-corrected chi connectivity index (χ2v) is 3.41. The van der Waals surface area contributed by atoms with Gasteiger partial charge in [-0.05, 0) is 18.2 Å². The summed E-state index contributed by atoms with van der Waals surface area (Å²) in [6.07, 6.45) is 5.09. The maximum atomic E-state index is 5.79. The Hall–Kier alpha value is -2.43. The summed E-state index contributed by atoms with van der Waals surface area (Å²) in [7, 11) is 0. The summed E-state index contributed by atoms with van der Waals surface area (Å²) in [5, 5.41) is 0. The number of rotatable bonds is 1. The van der Waals surface area contributed by atoms with Crippen LogP contribution >= 0.6 is 0 Å². The lowest BCUT2D eigenvalue weighted by Gasteiger charge is -1.98. The van der Waals surface area contributed by atoms with Gasteiger partial charge >= 0.3 is 0 Å². The zero-order valence-corrected chi connectivity index (χ0v) is 8.38. The number of nitrogens with two attached hydrogens (primary N) is 1. The van der Waals surface area contributed by atoms with Gasteiger partial charge in [-0.2, -0.15) is 0 Å². The summed E-state index contributed by atoms with van der Waals surface area (Å²) in [5.41, 5.74) is 8.35. The fourth-order valence-corrected chi connectivity index (χ4v) is 1.60. The molecule has 0 aliphatic carbocycles. The molecule has 0 saturated carbocycles. The van der Waals surface area contributed by atoms with Crippen LogP contribution in [0.4, 0.5) is 5.82 Å². The highest BCUT2D eigenvalue weighted by Gasteiger charge is 2.07. The number of nitrogens with zero attached hydrogens (tertiary/aromatic N) is 3. The second-order valence-electron chi connectivity index (χ2n) is 3.41. The third kappa shape index (κ3) is 1.30. The summed E-state index contributed by atoms with van der Waals surface area (Å²) in [6.45, 7) is 0. The molecule has 0 aromatic carbocycles. The maximum Gasteiger partial charge on any atom is 0.142 e. The second kappa shape index (κ2) is 3.30. The smallest absolute Gasteiger partial charge is 0.142 e. The van der Waals surface area contributed by atoms with E-state index >= 15 is 0 Å². The molecule has 0 amide bonds. The number of aromatic nitrogens is 4. The molecular weight excluding hydrogens is 202 g/mol. The number of aromatic amines is 1. The minimum Gasteiger partial charge on any atom is -0.383 e. The molecule has 5 heteroatoms. The van der Waals surface area contributed by atoms with Crippen LogP contribution < -0.4 is 5.73 Å². The molecule has 3 aromatic heterocycles. The highest BCUT2D eigenvalue weighted by molar-refractivity contribution is 5.80. The summed E-state index contributed by atoms with van der Waals surface area (Å²) in [5.74, 6) is 1.18. The Morgan fingerprint density at radius 2 is 2.12 bits per heavy atom. The van der Waals surface area contributed by atoms with Crippen LogP contribution in [0.25, 0.3) is 22.4 Å². The first-order chi connectivity index (χ1) is 7.84. The Balaban J connectivity index is 2.23. The van der Waals surface area contributed by atoms with Crippen LogP contribution in [-0.2, 0) is 0 Å². The molecule has 0 fully saturated rings. The molecule has 3 heterocycles. The van der Waals surface area contributed by atoms with Gasteiger partial charge in [0, 0.05) is 12.4 Å². The molecule has 0 atom stereocenters. The van der Waals surface area contributed by atoms with Crippen molar-refractivity contribution in [2.45, 2.75) is 0 Å². The average Bonchev–Trinajstić information content (AvgIpc) is 2.73. The van der Waals surface area contributed by atoms with Crippen LogP contribution in [0.1, 0.15) is 0 Å². The molecule has 0 unspecified atom stereocenters. The third-order valence-electron chi connectivity index (χ3n) is 2.38. The molecule has 0 aliphatic heterocycles. The van der Waals surface area contributed by atoms with Crippen molar-refractivity contribution in [3.05, 3.63) is 36.8 Å². The van der Waals surface area contributed by atoms with Crippen molar-refractivity contribution in [1.82, 2.24) is 19.9 Å². The monoisotopic (exact) mass is 211 g/mol. The van der Waals surface area contributed by atoms with Gasteiger partial charge in [0.2, 0.25) is 0 Å². The molecule has 0 bridgehead atoms. The first-order valence-corrected chi connectivity index (χ1v) is 4.85. The quantitative estimate of drug-likeness (QED) is 0.640. The van der Waals surface area contributed by atoms with Crippen LogP contribution in [0.3, 0.4) is 0 Å². The minimum atomic E-state index is 0.467. The number of anilines is 1. The Bertz CT molecular complexity index is 610. The van der Waals surface area contributed by atoms with Crippen LogP contribution in [-0.4, -0.2) is 19.9 Å². The summed E-state index contributed by atoms with van der Waals surface area (Å²) >= 11 is 0. The predicted molar refractivity (Wildman–Crippen MR) is 61.5 cm³/mol. The number of nitrogen functional groups attached to an aromatic ring is 1. The van der Waals surface area contributed by atoms with Crippen LogP contribution in [0.2, 0.25) is 0 Å². The molecule has 3 aromatic rings. The zero-order valence-electron chi connectivity index (χ0n) is 8.38. The number of fused-ring (bicyclic) bond motifs is 1. The lowest BCUT2D eigenvalue weighted by molar-refractivity contribution is 1.28. The van der Waals surface area contributed by atoms with E-state index in [9.17, 15) is 0 Å². The lowest BCUT2D eigenvalue weighted by Crippen LogP contribution is -1.93. The number of nitrogens with one attached hydrogen (secondary N) is 1. The molecule has 3 rings (SSSR count). The van der Waals surface area contributed by atoms with Crippen molar-refractivity contribution in [3.63, 3.8) is 0 Å². The largest absolute Gasteiger partial charge is 0.383 e. The highest BCUT2D eigenvalue weighted by atomic mass is 14.9. The summed E-state index contributed by atoms with van der Waals surface area (Å²) < 4.78 is 0. The standard InChI is InChI=1S/C11H9N5/c12-10-7(2-1-4-14-10)11-15-8-3-5-13-6-9(8)16-11/h1-6H,(H2,12,14)(H,15,16). The lowest BCUT2D eigenvalue weighted by atomic mass is 10.2. The molecule has 78 valence electrons. The summed E-state index contributed by atoms with van der Waals surface area (Å²) in [4.78, 5) is 15.6. The fourth-order valence-electron chi connectivity index (χ4n) is 1.60. The molecule has 0 aliphatic rings. The van der Waals surface area contributed by atoms with E-state index in [1.165, 1.54) is 0 Å². The van der Waals surface area contributed by atoms with Crippen molar-refractivity contribution < 1.29 is 0 Å². The topological polar surface area (TPSA) is 80.5 Å². The Morgan fingerprint density at radius 3 is 2.94 bits per heavy atom. The summed E-state index contributed by atoms with van der Waals surface area (Å²) in [6, 6.07) is 5.59. The highest BCUT2D eigenvalue weighted by Crippen LogP contribution is 2.22. The van der Waals surface area contributed by atoms with E-state index in [1.807, 2.05) is 18.2 Å². The SMILES string of the molecule is Nc1ncccc1-c1nc2cnccc2[nH]1. The molecule has 0 radical (unpaired) electrons. The van der Waals surface area contributed by atoms with Crippen molar-refractivity contribution >= 4 is 16.9 Å². The number of hydrogen-bond acceptors (Lipinski definition) is 4. The van der Waals surface area contributed by atoms with Gasteiger partial charge in [-0.1, -0.05) is 0 Å². The molecule has 16 heavy (non-hydrogen) atoms. The van der Waals surface area contributed by atoms with E-state index in [2.05, 4.69) is 19.9 Å². The van der Waals surface area contributed by atoms with Crippen LogP contribution in [0.15, 0.2) is 36.8 Å². The van der Waals surface area contributed by atoms with Crippen molar-refractivity contribution in [2.75, 3.05) is 5.73 Å².